The maximum atomic E-state index is 11.5. The number of aliphatic hydroxyl groups excluding tert-OH is 1. The van der Waals surface area contributed by atoms with Crippen molar-refractivity contribution in [1.82, 2.24) is 5.43 Å². The number of anilines is 1. The summed E-state index contributed by atoms with van der Waals surface area (Å²) in [5.74, 6) is -3.27. The summed E-state index contributed by atoms with van der Waals surface area (Å²) in [6.07, 6.45) is -2.73. The Bertz CT molecular complexity index is 556. The number of carbonyl (C=O) groups is 3. The SMILES string of the molecule is Cc1ccc(NNC(=O)C(=O)O[C@@H]2C(=O)OC[C@H]2O)cc1. The maximum Gasteiger partial charge on any atom is 0.399 e. The number of amides is 1. The van der Waals surface area contributed by atoms with Gasteiger partial charge in [0.05, 0.1) is 5.69 Å². The number of aliphatic hydroxyl groups is 1. The molecular weight excluding hydrogens is 280 g/mol. The molecule has 1 aliphatic heterocycles. The number of hydrogen-bond acceptors (Lipinski definition) is 7. The molecule has 21 heavy (non-hydrogen) atoms. The van der Waals surface area contributed by atoms with Gasteiger partial charge in [0.25, 0.3) is 0 Å². The molecule has 1 amide bonds. The fourth-order valence-electron chi connectivity index (χ4n) is 1.61. The van der Waals surface area contributed by atoms with Crippen molar-refractivity contribution >= 4 is 23.5 Å². The number of benzene rings is 1. The van der Waals surface area contributed by atoms with E-state index in [1.165, 1.54) is 0 Å². The summed E-state index contributed by atoms with van der Waals surface area (Å²) in [6, 6.07) is 7.05. The summed E-state index contributed by atoms with van der Waals surface area (Å²) in [4.78, 5) is 34.1. The molecule has 8 nitrogen and oxygen atoms in total. The molecule has 0 unspecified atom stereocenters. The van der Waals surface area contributed by atoms with Crippen molar-refractivity contribution in [3.8, 4) is 0 Å². The smallest absolute Gasteiger partial charge is 0.399 e. The average Bonchev–Trinajstić information content (AvgIpc) is 2.78. The van der Waals surface area contributed by atoms with E-state index in [1.54, 1.807) is 12.1 Å². The van der Waals surface area contributed by atoms with Crippen molar-refractivity contribution in [3.05, 3.63) is 29.8 Å². The Kier molecular flexibility index (Phi) is 4.39. The van der Waals surface area contributed by atoms with Crippen molar-refractivity contribution in [3.63, 3.8) is 0 Å². The topological polar surface area (TPSA) is 114 Å². The van der Waals surface area contributed by atoms with Gasteiger partial charge in [-0.05, 0) is 19.1 Å². The van der Waals surface area contributed by atoms with Gasteiger partial charge in [0, 0.05) is 0 Å². The van der Waals surface area contributed by atoms with Crippen LogP contribution in [0, 0.1) is 6.92 Å². The van der Waals surface area contributed by atoms with Crippen LogP contribution in [0.1, 0.15) is 5.56 Å². The zero-order valence-electron chi connectivity index (χ0n) is 11.2. The van der Waals surface area contributed by atoms with Crippen LogP contribution in [-0.4, -0.2) is 41.8 Å². The predicted octanol–water partition coefficient (Wildman–Crippen LogP) is -0.732. The Labute approximate surface area is 120 Å². The molecule has 0 saturated carbocycles. The molecule has 2 atom stereocenters. The van der Waals surface area contributed by atoms with E-state index >= 15 is 0 Å². The highest BCUT2D eigenvalue weighted by molar-refractivity contribution is 6.32. The average molecular weight is 294 g/mol. The fourth-order valence-corrected chi connectivity index (χ4v) is 1.61. The van der Waals surface area contributed by atoms with Crippen molar-refractivity contribution in [2.45, 2.75) is 19.1 Å². The first-order valence-corrected chi connectivity index (χ1v) is 6.15. The Morgan fingerprint density at radius 1 is 1.33 bits per heavy atom. The van der Waals surface area contributed by atoms with Crippen molar-refractivity contribution in [2.75, 3.05) is 12.0 Å². The number of nitrogens with one attached hydrogen (secondary N) is 2. The zero-order chi connectivity index (χ0) is 15.4. The van der Waals surface area contributed by atoms with Crippen molar-refractivity contribution in [2.24, 2.45) is 0 Å². The van der Waals surface area contributed by atoms with Gasteiger partial charge in [-0.1, -0.05) is 17.7 Å². The highest BCUT2D eigenvalue weighted by atomic mass is 16.6. The van der Waals surface area contributed by atoms with E-state index in [9.17, 15) is 19.5 Å². The largest absolute Gasteiger partial charge is 0.460 e. The monoisotopic (exact) mass is 294 g/mol. The third-order valence-electron chi connectivity index (χ3n) is 2.77. The Morgan fingerprint density at radius 3 is 2.57 bits per heavy atom. The lowest BCUT2D eigenvalue weighted by Gasteiger charge is -2.12. The van der Waals surface area contributed by atoms with E-state index in [-0.39, 0.29) is 6.61 Å². The van der Waals surface area contributed by atoms with E-state index < -0.39 is 30.1 Å². The number of hydrazine groups is 1. The molecular formula is C13H14N2O6. The molecule has 3 N–H and O–H groups in total. The molecule has 0 aromatic heterocycles. The highest BCUT2D eigenvalue weighted by Gasteiger charge is 2.40. The van der Waals surface area contributed by atoms with Crippen LogP contribution in [0.3, 0.4) is 0 Å². The Hall–Kier alpha value is -2.61. The van der Waals surface area contributed by atoms with Gasteiger partial charge in [0.2, 0.25) is 6.10 Å². The summed E-state index contributed by atoms with van der Waals surface area (Å²) in [7, 11) is 0. The molecule has 0 bridgehead atoms. The van der Waals surface area contributed by atoms with Gasteiger partial charge in [-0.25, -0.2) is 9.59 Å². The number of rotatable bonds is 3. The molecule has 1 aromatic carbocycles. The zero-order valence-corrected chi connectivity index (χ0v) is 11.2. The molecule has 8 heteroatoms. The number of ether oxygens (including phenoxy) is 2. The molecule has 1 fully saturated rings. The van der Waals surface area contributed by atoms with Gasteiger partial charge >= 0.3 is 17.8 Å². The van der Waals surface area contributed by atoms with Crippen LogP contribution in [0.2, 0.25) is 0 Å². The van der Waals surface area contributed by atoms with E-state index in [1.807, 2.05) is 19.1 Å². The molecule has 112 valence electrons. The van der Waals surface area contributed by atoms with Gasteiger partial charge in [-0.3, -0.25) is 15.6 Å². The molecule has 1 heterocycles. The molecule has 1 aromatic rings. The van der Waals surface area contributed by atoms with Gasteiger partial charge in [-0.15, -0.1) is 0 Å². The maximum absolute atomic E-state index is 11.5. The van der Waals surface area contributed by atoms with E-state index in [4.69, 9.17) is 0 Å². The second-order valence-electron chi connectivity index (χ2n) is 4.47. The van der Waals surface area contributed by atoms with Crippen LogP contribution < -0.4 is 10.9 Å². The molecule has 2 rings (SSSR count). The Balaban J connectivity index is 1.84. The van der Waals surface area contributed by atoms with Gasteiger partial charge in [-0.2, -0.15) is 0 Å². The number of carbonyl (C=O) groups excluding carboxylic acids is 3. The lowest BCUT2D eigenvalue weighted by Crippen LogP contribution is -2.41. The fraction of sp³-hybridized carbons (Fsp3) is 0.308. The van der Waals surface area contributed by atoms with Crippen LogP contribution in [0.5, 0.6) is 0 Å². The van der Waals surface area contributed by atoms with Crippen molar-refractivity contribution < 1.29 is 29.0 Å². The van der Waals surface area contributed by atoms with Crippen LogP contribution >= 0.6 is 0 Å². The second-order valence-corrected chi connectivity index (χ2v) is 4.47. The summed E-state index contributed by atoms with van der Waals surface area (Å²) < 4.78 is 9.08. The Morgan fingerprint density at radius 2 is 2.00 bits per heavy atom. The third-order valence-corrected chi connectivity index (χ3v) is 2.77. The predicted molar refractivity (Wildman–Crippen MR) is 69.8 cm³/mol. The molecule has 1 saturated heterocycles. The first-order chi connectivity index (χ1) is 9.97. The van der Waals surface area contributed by atoms with Gasteiger partial charge < -0.3 is 14.6 Å². The molecule has 0 aliphatic carbocycles. The third kappa shape index (κ3) is 3.69. The first-order valence-electron chi connectivity index (χ1n) is 6.15. The van der Waals surface area contributed by atoms with E-state index in [0.717, 1.165) is 5.56 Å². The minimum absolute atomic E-state index is 0.264. The van der Waals surface area contributed by atoms with Crippen LogP contribution in [0.25, 0.3) is 0 Å². The highest BCUT2D eigenvalue weighted by Crippen LogP contribution is 2.11. The number of aryl methyl sites for hydroxylation is 1. The minimum atomic E-state index is -1.47. The summed E-state index contributed by atoms with van der Waals surface area (Å²) in [5.41, 5.74) is 6.26. The molecule has 0 spiro atoms. The number of hydrogen-bond donors (Lipinski definition) is 3. The van der Waals surface area contributed by atoms with E-state index in [2.05, 4.69) is 20.3 Å². The lowest BCUT2D eigenvalue weighted by molar-refractivity contribution is -0.167. The van der Waals surface area contributed by atoms with Crippen molar-refractivity contribution in [1.29, 1.82) is 0 Å². The molecule has 0 radical (unpaired) electrons. The number of cyclic esters (lactones) is 1. The standard InChI is InChI=1S/C13H14N2O6/c1-7-2-4-8(5-3-7)14-15-11(17)13(19)21-10-9(16)6-20-12(10)18/h2-5,9-10,14,16H,6H2,1H3,(H,15,17)/t9-,10+/m1/s1. The van der Waals surface area contributed by atoms with E-state index in [0.29, 0.717) is 5.69 Å². The number of esters is 2. The van der Waals surface area contributed by atoms with Gasteiger partial charge in [0.1, 0.15) is 12.7 Å². The second kappa shape index (κ2) is 6.23. The lowest BCUT2D eigenvalue weighted by atomic mass is 10.2. The minimum Gasteiger partial charge on any atom is -0.460 e. The normalized spacial score (nSPS) is 20.6. The van der Waals surface area contributed by atoms with Crippen LogP contribution in [-0.2, 0) is 23.9 Å². The summed E-state index contributed by atoms with van der Waals surface area (Å²) in [6.45, 7) is 1.64. The first kappa shape index (κ1) is 14.8. The summed E-state index contributed by atoms with van der Waals surface area (Å²) in [5, 5.41) is 9.35. The van der Waals surface area contributed by atoms with Crippen LogP contribution in [0.15, 0.2) is 24.3 Å². The quantitative estimate of drug-likeness (QED) is 0.382. The molecule has 1 aliphatic rings. The van der Waals surface area contributed by atoms with Gasteiger partial charge in [0.15, 0.2) is 0 Å². The summed E-state index contributed by atoms with van der Waals surface area (Å²) >= 11 is 0. The van der Waals surface area contributed by atoms with Crippen LogP contribution in [0.4, 0.5) is 5.69 Å².